The fourth-order valence-corrected chi connectivity index (χ4v) is 1.08. The predicted molar refractivity (Wildman–Crippen MR) is 43.5 cm³/mol. The molecule has 1 aromatic heterocycles. The summed E-state index contributed by atoms with van der Waals surface area (Å²) < 4.78 is 0. The number of aromatic nitrogens is 1. The van der Waals surface area contributed by atoms with Gasteiger partial charge in [0.15, 0.2) is 0 Å². The largest absolute Gasteiger partial charge is 0.481 e. The SMILES string of the molecule is O=C(O)Cc1cc[nH]c1CC(=O)O. The van der Waals surface area contributed by atoms with Crippen molar-refractivity contribution in [2.45, 2.75) is 12.8 Å². The van der Waals surface area contributed by atoms with Crippen molar-refractivity contribution in [3.8, 4) is 0 Å². The molecule has 0 bridgehead atoms. The molecule has 5 heteroatoms. The molecule has 0 spiro atoms. The molecule has 13 heavy (non-hydrogen) atoms. The molecule has 0 amide bonds. The lowest BCUT2D eigenvalue weighted by molar-refractivity contribution is -0.137. The van der Waals surface area contributed by atoms with Crippen molar-refractivity contribution in [3.05, 3.63) is 23.5 Å². The van der Waals surface area contributed by atoms with E-state index in [4.69, 9.17) is 10.2 Å². The van der Waals surface area contributed by atoms with Gasteiger partial charge in [0.25, 0.3) is 0 Å². The Morgan fingerprint density at radius 3 is 2.38 bits per heavy atom. The summed E-state index contributed by atoms with van der Waals surface area (Å²) in [6.07, 6.45) is 1.22. The Kier molecular flexibility index (Phi) is 2.69. The van der Waals surface area contributed by atoms with Gasteiger partial charge in [-0.3, -0.25) is 9.59 Å². The van der Waals surface area contributed by atoms with Crippen LogP contribution in [0.25, 0.3) is 0 Å². The summed E-state index contributed by atoms with van der Waals surface area (Å²) in [5, 5.41) is 17.0. The zero-order valence-electron chi connectivity index (χ0n) is 6.78. The Balaban J connectivity index is 2.76. The molecular weight excluding hydrogens is 174 g/mol. The number of carbonyl (C=O) groups is 2. The van der Waals surface area contributed by atoms with Gasteiger partial charge in [0.1, 0.15) is 0 Å². The number of rotatable bonds is 4. The van der Waals surface area contributed by atoms with E-state index in [2.05, 4.69) is 4.98 Å². The highest BCUT2D eigenvalue weighted by atomic mass is 16.4. The summed E-state index contributed by atoms with van der Waals surface area (Å²) in [6.45, 7) is 0. The van der Waals surface area contributed by atoms with Crippen LogP contribution in [-0.4, -0.2) is 27.1 Å². The summed E-state index contributed by atoms with van der Waals surface area (Å²) >= 11 is 0. The van der Waals surface area contributed by atoms with E-state index in [9.17, 15) is 9.59 Å². The lowest BCUT2D eigenvalue weighted by Crippen LogP contribution is -2.06. The van der Waals surface area contributed by atoms with Gasteiger partial charge in [-0.1, -0.05) is 0 Å². The third-order valence-corrected chi connectivity index (χ3v) is 1.60. The lowest BCUT2D eigenvalue weighted by atomic mass is 10.1. The van der Waals surface area contributed by atoms with Gasteiger partial charge in [-0.25, -0.2) is 0 Å². The molecule has 0 unspecified atom stereocenters. The summed E-state index contributed by atoms with van der Waals surface area (Å²) in [5.74, 6) is -1.94. The van der Waals surface area contributed by atoms with E-state index >= 15 is 0 Å². The van der Waals surface area contributed by atoms with Gasteiger partial charge in [-0.05, 0) is 11.6 Å². The molecule has 0 aliphatic carbocycles. The Labute approximate surface area is 74.0 Å². The van der Waals surface area contributed by atoms with E-state index in [1.807, 2.05) is 0 Å². The lowest BCUT2D eigenvalue weighted by Gasteiger charge is -1.97. The average molecular weight is 183 g/mol. The summed E-state index contributed by atoms with van der Waals surface area (Å²) in [4.78, 5) is 23.4. The number of H-pyrrole nitrogens is 1. The molecule has 0 radical (unpaired) electrons. The Bertz CT molecular complexity index is 298. The van der Waals surface area contributed by atoms with E-state index in [-0.39, 0.29) is 12.8 Å². The third-order valence-electron chi connectivity index (χ3n) is 1.60. The van der Waals surface area contributed by atoms with Crippen LogP contribution in [-0.2, 0) is 22.4 Å². The number of hydrogen-bond donors (Lipinski definition) is 3. The van der Waals surface area contributed by atoms with Crippen molar-refractivity contribution in [1.82, 2.24) is 4.98 Å². The van der Waals surface area contributed by atoms with Gasteiger partial charge >= 0.3 is 11.9 Å². The average Bonchev–Trinajstić information content (AvgIpc) is 2.34. The van der Waals surface area contributed by atoms with Gasteiger partial charge in [-0.15, -0.1) is 0 Å². The van der Waals surface area contributed by atoms with Gasteiger partial charge in [0.2, 0.25) is 0 Å². The molecule has 1 aromatic rings. The number of hydrogen-bond acceptors (Lipinski definition) is 2. The molecule has 0 aliphatic rings. The van der Waals surface area contributed by atoms with Crippen LogP contribution in [0.2, 0.25) is 0 Å². The number of carboxylic acids is 2. The number of carboxylic acid groups (broad SMARTS) is 2. The molecule has 0 saturated heterocycles. The second-order valence-electron chi connectivity index (χ2n) is 2.62. The van der Waals surface area contributed by atoms with Crippen LogP contribution in [0.4, 0.5) is 0 Å². The first-order valence-electron chi connectivity index (χ1n) is 3.68. The van der Waals surface area contributed by atoms with Gasteiger partial charge < -0.3 is 15.2 Å². The Morgan fingerprint density at radius 1 is 1.23 bits per heavy atom. The van der Waals surface area contributed by atoms with E-state index in [1.165, 1.54) is 6.20 Å². The number of nitrogens with one attached hydrogen (secondary N) is 1. The first-order valence-corrected chi connectivity index (χ1v) is 3.68. The molecular formula is C8H9NO4. The Morgan fingerprint density at radius 2 is 1.85 bits per heavy atom. The van der Waals surface area contributed by atoms with Gasteiger partial charge in [0.05, 0.1) is 12.8 Å². The maximum atomic E-state index is 10.3. The first-order chi connectivity index (χ1) is 6.09. The van der Waals surface area contributed by atoms with Crippen molar-refractivity contribution in [2.24, 2.45) is 0 Å². The van der Waals surface area contributed by atoms with Crippen LogP contribution in [0, 0.1) is 0 Å². The smallest absolute Gasteiger partial charge is 0.309 e. The highest BCUT2D eigenvalue weighted by Crippen LogP contribution is 2.08. The Hall–Kier alpha value is -1.78. The molecule has 3 N–H and O–H groups in total. The van der Waals surface area contributed by atoms with Crippen molar-refractivity contribution in [1.29, 1.82) is 0 Å². The molecule has 0 aliphatic heterocycles. The maximum absolute atomic E-state index is 10.3. The third kappa shape index (κ3) is 2.62. The van der Waals surface area contributed by atoms with Crippen molar-refractivity contribution in [3.63, 3.8) is 0 Å². The van der Waals surface area contributed by atoms with Crippen LogP contribution < -0.4 is 0 Å². The highest BCUT2D eigenvalue weighted by Gasteiger charge is 2.10. The van der Waals surface area contributed by atoms with Crippen LogP contribution in [0.5, 0.6) is 0 Å². The standard InChI is InChI=1S/C8H9NO4/c10-7(11)3-5-1-2-9-6(5)4-8(12)13/h1-2,9H,3-4H2,(H,10,11)(H,12,13). The van der Waals surface area contributed by atoms with E-state index in [0.717, 1.165) is 0 Å². The molecule has 0 atom stereocenters. The monoisotopic (exact) mass is 183 g/mol. The first kappa shape index (κ1) is 9.31. The van der Waals surface area contributed by atoms with E-state index < -0.39 is 11.9 Å². The zero-order chi connectivity index (χ0) is 9.84. The van der Waals surface area contributed by atoms with E-state index in [0.29, 0.717) is 11.3 Å². The summed E-state index contributed by atoms with van der Waals surface area (Å²) in [6, 6.07) is 1.58. The normalized spacial score (nSPS) is 9.85. The van der Waals surface area contributed by atoms with Crippen molar-refractivity contribution in [2.75, 3.05) is 0 Å². The second kappa shape index (κ2) is 3.75. The van der Waals surface area contributed by atoms with Crippen LogP contribution in [0.15, 0.2) is 12.3 Å². The fourth-order valence-electron chi connectivity index (χ4n) is 1.08. The quantitative estimate of drug-likeness (QED) is 0.624. The summed E-state index contributed by atoms with van der Waals surface area (Å²) in [5.41, 5.74) is 0.977. The van der Waals surface area contributed by atoms with Crippen LogP contribution in [0.1, 0.15) is 11.3 Å². The molecule has 0 fully saturated rings. The zero-order valence-corrected chi connectivity index (χ0v) is 6.78. The molecule has 5 nitrogen and oxygen atoms in total. The minimum atomic E-state index is -0.978. The molecule has 0 aromatic carbocycles. The molecule has 1 rings (SSSR count). The number of aliphatic carboxylic acids is 2. The maximum Gasteiger partial charge on any atom is 0.309 e. The van der Waals surface area contributed by atoms with E-state index in [1.54, 1.807) is 6.07 Å². The van der Waals surface area contributed by atoms with Crippen molar-refractivity contribution >= 4 is 11.9 Å². The van der Waals surface area contributed by atoms with Gasteiger partial charge in [0, 0.05) is 11.9 Å². The van der Waals surface area contributed by atoms with Gasteiger partial charge in [-0.2, -0.15) is 0 Å². The second-order valence-corrected chi connectivity index (χ2v) is 2.62. The molecule has 70 valence electrons. The van der Waals surface area contributed by atoms with Crippen LogP contribution in [0.3, 0.4) is 0 Å². The molecule has 0 saturated carbocycles. The number of aromatic amines is 1. The van der Waals surface area contributed by atoms with Crippen LogP contribution >= 0.6 is 0 Å². The minimum Gasteiger partial charge on any atom is -0.481 e. The minimum absolute atomic E-state index is 0.147. The topological polar surface area (TPSA) is 90.4 Å². The fraction of sp³-hybridized carbons (Fsp3) is 0.250. The molecule has 1 heterocycles. The highest BCUT2D eigenvalue weighted by molar-refractivity contribution is 5.73. The summed E-state index contributed by atoms with van der Waals surface area (Å²) in [7, 11) is 0. The predicted octanol–water partition coefficient (Wildman–Crippen LogP) is 0.269. The van der Waals surface area contributed by atoms with Crippen molar-refractivity contribution < 1.29 is 19.8 Å².